The highest BCUT2D eigenvalue weighted by molar-refractivity contribution is 4.93. The Morgan fingerprint density at radius 2 is 1.72 bits per heavy atom. The van der Waals surface area contributed by atoms with Crippen LogP contribution < -0.4 is 5.32 Å². The summed E-state index contributed by atoms with van der Waals surface area (Å²) < 4.78 is 6.36. The molecule has 0 aromatic heterocycles. The van der Waals surface area contributed by atoms with Crippen molar-refractivity contribution in [2.24, 2.45) is 5.92 Å². The average Bonchev–Trinajstić information content (AvgIpc) is 3.00. The smallest absolute Gasteiger partial charge is 0.0708 e. The first-order valence-corrected chi connectivity index (χ1v) is 8.17. The summed E-state index contributed by atoms with van der Waals surface area (Å²) in [5.41, 5.74) is 0.313. The lowest BCUT2D eigenvalue weighted by Gasteiger charge is -2.29. The number of hydrogen-bond acceptors (Lipinski definition) is 2. The van der Waals surface area contributed by atoms with E-state index in [1.54, 1.807) is 0 Å². The number of nitrogens with one attached hydrogen (secondary N) is 1. The Bertz CT molecular complexity index is 264. The molecule has 104 valence electrons. The highest BCUT2D eigenvalue weighted by Gasteiger charge is 2.41. The zero-order valence-electron chi connectivity index (χ0n) is 11.9. The monoisotopic (exact) mass is 251 g/mol. The molecular weight excluding hydrogens is 222 g/mol. The molecule has 3 fully saturated rings. The summed E-state index contributed by atoms with van der Waals surface area (Å²) in [4.78, 5) is 0. The third-order valence-corrected chi connectivity index (χ3v) is 5.50. The van der Waals surface area contributed by atoms with Crippen molar-refractivity contribution in [1.29, 1.82) is 0 Å². The second-order valence-electron chi connectivity index (χ2n) is 7.03. The van der Waals surface area contributed by atoms with Gasteiger partial charge in [-0.3, -0.25) is 0 Å². The molecule has 1 saturated heterocycles. The van der Waals surface area contributed by atoms with Crippen molar-refractivity contribution in [3.8, 4) is 0 Å². The molecule has 2 aliphatic carbocycles. The van der Waals surface area contributed by atoms with Crippen LogP contribution in [0.15, 0.2) is 0 Å². The van der Waals surface area contributed by atoms with Gasteiger partial charge in [0.1, 0.15) is 0 Å². The molecule has 0 aromatic rings. The van der Waals surface area contributed by atoms with Gasteiger partial charge in [-0.1, -0.05) is 19.8 Å². The maximum absolute atomic E-state index is 6.36. The van der Waals surface area contributed by atoms with E-state index in [0.29, 0.717) is 11.7 Å². The van der Waals surface area contributed by atoms with E-state index < -0.39 is 0 Å². The van der Waals surface area contributed by atoms with Gasteiger partial charge < -0.3 is 10.1 Å². The molecule has 0 aromatic carbocycles. The average molecular weight is 251 g/mol. The molecule has 1 N–H and O–H groups in total. The molecule has 1 atom stereocenters. The van der Waals surface area contributed by atoms with Crippen LogP contribution >= 0.6 is 0 Å². The maximum Gasteiger partial charge on any atom is 0.0708 e. The summed E-state index contributed by atoms with van der Waals surface area (Å²) in [5.74, 6) is 0.951. The SMILES string of the molecule is CC1CCC(NCC2CCC3(CCCC3)O2)CC1. The fraction of sp³-hybridized carbons (Fsp3) is 1.00. The van der Waals surface area contributed by atoms with Crippen LogP contribution in [-0.2, 0) is 4.74 Å². The van der Waals surface area contributed by atoms with Gasteiger partial charge in [0.15, 0.2) is 0 Å². The van der Waals surface area contributed by atoms with Gasteiger partial charge in [0.05, 0.1) is 11.7 Å². The lowest BCUT2D eigenvalue weighted by molar-refractivity contribution is -0.0362. The summed E-state index contributed by atoms with van der Waals surface area (Å²) >= 11 is 0. The van der Waals surface area contributed by atoms with E-state index >= 15 is 0 Å². The highest BCUT2D eigenvalue weighted by atomic mass is 16.5. The molecule has 0 radical (unpaired) electrons. The van der Waals surface area contributed by atoms with Gasteiger partial charge in [-0.15, -0.1) is 0 Å². The lowest BCUT2D eigenvalue weighted by atomic mass is 9.87. The zero-order chi connectivity index (χ0) is 12.4. The molecule has 1 heterocycles. The molecule has 0 amide bonds. The van der Waals surface area contributed by atoms with Gasteiger partial charge in [-0.05, 0) is 57.3 Å². The quantitative estimate of drug-likeness (QED) is 0.826. The molecular formula is C16H29NO. The van der Waals surface area contributed by atoms with Gasteiger partial charge in [-0.2, -0.15) is 0 Å². The van der Waals surface area contributed by atoms with Crippen molar-refractivity contribution in [3.05, 3.63) is 0 Å². The van der Waals surface area contributed by atoms with Crippen LogP contribution in [-0.4, -0.2) is 24.3 Å². The van der Waals surface area contributed by atoms with Gasteiger partial charge in [0.25, 0.3) is 0 Å². The van der Waals surface area contributed by atoms with E-state index in [2.05, 4.69) is 12.2 Å². The van der Waals surface area contributed by atoms with E-state index in [1.807, 2.05) is 0 Å². The first-order chi connectivity index (χ1) is 8.76. The standard InChI is InChI=1S/C16H29NO/c1-13-4-6-14(7-5-13)17-12-15-8-11-16(18-15)9-2-3-10-16/h13-15,17H,2-12H2,1H3. The third kappa shape index (κ3) is 2.91. The van der Waals surface area contributed by atoms with Crippen LogP contribution in [0, 0.1) is 5.92 Å². The van der Waals surface area contributed by atoms with Gasteiger partial charge in [-0.25, -0.2) is 0 Å². The second kappa shape index (κ2) is 5.50. The summed E-state index contributed by atoms with van der Waals surface area (Å²) in [6.45, 7) is 3.49. The first kappa shape index (κ1) is 12.9. The Morgan fingerprint density at radius 3 is 2.44 bits per heavy atom. The van der Waals surface area contributed by atoms with Crippen LogP contribution in [0.25, 0.3) is 0 Å². The molecule has 2 heteroatoms. The molecule has 1 unspecified atom stereocenters. The molecule has 2 saturated carbocycles. The number of rotatable bonds is 3. The van der Waals surface area contributed by atoms with Crippen molar-refractivity contribution in [2.45, 2.75) is 88.9 Å². The minimum Gasteiger partial charge on any atom is -0.370 e. The molecule has 3 aliphatic rings. The Morgan fingerprint density at radius 1 is 1.00 bits per heavy atom. The van der Waals surface area contributed by atoms with Crippen LogP contribution in [0.5, 0.6) is 0 Å². The Kier molecular flexibility index (Phi) is 3.95. The van der Waals surface area contributed by atoms with Gasteiger partial charge in [0, 0.05) is 12.6 Å². The molecule has 2 nitrogen and oxygen atoms in total. The van der Waals surface area contributed by atoms with Crippen molar-refractivity contribution >= 4 is 0 Å². The summed E-state index contributed by atoms with van der Waals surface area (Å²) in [5, 5.41) is 3.77. The van der Waals surface area contributed by atoms with E-state index in [-0.39, 0.29) is 0 Å². The Hall–Kier alpha value is -0.0800. The summed E-state index contributed by atoms with van der Waals surface area (Å²) in [7, 11) is 0. The summed E-state index contributed by atoms with van der Waals surface area (Å²) in [6, 6.07) is 0.768. The van der Waals surface area contributed by atoms with Crippen LogP contribution in [0.3, 0.4) is 0 Å². The van der Waals surface area contributed by atoms with Crippen LogP contribution in [0.1, 0.15) is 71.1 Å². The van der Waals surface area contributed by atoms with E-state index in [0.717, 1.165) is 18.5 Å². The molecule has 1 aliphatic heterocycles. The predicted octanol–water partition coefficient (Wildman–Crippen LogP) is 3.65. The summed E-state index contributed by atoms with van der Waals surface area (Å²) in [6.07, 6.45) is 14.1. The molecule has 3 rings (SSSR count). The minimum atomic E-state index is 0.313. The normalized spacial score (nSPS) is 39.5. The first-order valence-electron chi connectivity index (χ1n) is 8.17. The predicted molar refractivity (Wildman–Crippen MR) is 74.7 cm³/mol. The fourth-order valence-corrected chi connectivity index (χ4v) is 4.19. The van der Waals surface area contributed by atoms with Crippen LogP contribution in [0.2, 0.25) is 0 Å². The third-order valence-electron chi connectivity index (χ3n) is 5.50. The topological polar surface area (TPSA) is 21.3 Å². The minimum absolute atomic E-state index is 0.313. The highest BCUT2D eigenvalue weighted by Crippen LogP contribution is 2.43. The number of ether oxygens (including phenoxy) is 1. The second-order valence-corrected chi connectivity index (χ2v) is 7.03. The van der Waals surface area contributed by atoms with Crippen LogP contribution in [0.4, 0.5) is 0 Å². The van der Waals surface area contributed by atoms with Gasteiger partial charge >= 0.3 is 0 Å². The fourth-order valence-electron chi connectivity index (χ4n) is 4.19. The number of hydrogen-bond donors (Lipinski definition) is 1. The van der Waals surface area contributed by atoms with E-state index in [9.17, 15) is 0 Å². The lowest BCUT2D eigenvalue weighted by Crippen LogP contribution is -2.38. The largest absolute Gasteiger partial charge is 0.370 e. The molecule has 18 heavy (non-hydrogen) atoms. The van der Waals surface area contributed by atoms with E-state index in [4.69, 9.17) is 4.74 Å². The molecule has 1 spiro atoms. The van der Waals surface area contributed by atoms with Crippen molar-refractivity contribution in [2.75, 3.05) is 6.54 Å². The van der Waals surface area contributed by atoms with Gasteiger partial charge in [0.2, 0.25) is 0 Å². The van der Waals surface area contributed by atoms with Crippen molar-refractivity contribution in [1.82, 2.24) is 5.32 Å². The van der Waals surface area contributed by atoms with Crippen molar-refractivity contribution in [3.63, 3.8) is 0 Å². The Labute approximate surface area is 112 Å². The zero-order valence-corrected chi connectivity index (χ0v) is 11.9. The maximum atomic E-state index is 6.36. The van der Waals surface area contributed by atoms with E-state index in [1.165, 1.54) is 64.2 Å². The Balaban J connectivity index is 1.39. The van der Waals surface area contributed by atoms with Crippen molar-refractivity contribution < 1.29 is 4.74 Å². The molecule has 0 bridgehead atoms.